The number of halogens is 5. The number of alkyl halides is 3. The van der Waals surface area contributed by atoms with Gasteiger partial charge < -0.3 is 5.32 Å². The molecule has 1 aromatic heterocycles. The monoisotopic (exact) mass is 489 g/mol. The molecule has 11 heteroatoms. The molecule has 0 aliphatic rings. The number of thiocarbonyl (C=S) groups is 1. The molecule has 0 saturated carbocycles. The predicted octanol–water partition coefficient (Wildman–Crippen LogP) is 5.57. The first kappa shape index (κ1) is 20.6. The maximum absolute atomic E-state index is 12.8. The molecule has 0 bridgehead atoms. The summed E-state index contributed by atoms with van der Waals surface area (Å²) in [6.07, 6.45) is -2.99. The van der Waals surface area contributed by atoms with E-state index in [1.54, 1.807) is 24.3 Å². The van der Waals surface area contributed by atoms with E-state index in [1.165, 1.54) is 17.1 Å². The van der Waals surface area contributed by atoms with Crippen LogP contribution in [-0.2, 0) is 12.7 Å². The van der Waals surface area contributed by atoms with Crippen LogP contribution >= 0.6 is 39.7 Å². The highest BCUT2D eigenvalue weighted by molar-refractivity contribution is 9.10. The summed E-state index contributed by atoms with van der Waals surface area (Å²) in [5, 5.41) is 10.6. The van der Waals surface area contributed by atoms with Crippen molar-refractivity contribution >= 4 is 56.5 Å². The van der Waals surface area contributed by atoms with E-state index in [4.69, 9.17) is 23.8 Å². The maximum atomic E-state index is 12.8. The zero-order valence-corrected chi connectivity index (χ0v) is 17.1. The minimum absolute atomic E-state index is 0.136. The standard InChI is InChI=1S/C17H12BrClF3N5S/c18-12-4-5-14(13(19)7-12)24-16(28)25-15-23-9-27(26-15)8-10-2-1-3-11(6-10)17(20,21)22/h1-7,9H,8H2,(H2,24,25,26,28). The second kappa shape index (κ2) is 8.46. The van der Waals surface area contributed by atoms with Crippen LogP contribution in [0.15, 0.2) is 53.3 Å². The van der Waals surface area contributed by atoms with Gasteiger partial charge in [-0.3, -0.25) is 5.32 Å². The highest BCUT2D eigenvalue weighted by Gasteiger charge is 2.30. The van der Waals surface area contributed by atoms with Gasteiger partial charge in [0.05, 0.1) is 22.8 Å². The molecule has 5 nitrogen and oxygen atoms in total. The van der Waals surface area contributed by atoms with E-state index in [-0.39, 0.29) is 17.6 Å². The van der Waals surface area contributed by atoms with Gasteiger partial charge in [-0.15, -0.1) is 5.10 Å². The van der Waals surface area contributed by atoms with Crippen molar-refractivity contribution in [3.8, 4) is 0 Å². The second-order valence-electron chi connectivity index (χ2n) is 5.67. The van der Waals surface area contributed by atoms with E-state index in [9.17, 15) is 13.2 Å². The Morgan fingerprint density at radius 2 is 1.96 bits per heavy atom. The van der Waals surface area contributed by atoms with Crippen LogP contribution in [0.4, 0.5) is 24.8 Å². The molecule has 2 aromatic carbocycles. The Balaban J connectivity index is 1.63. The summed E-state index contributed by atoms with van der Waals surface area (Å²) < 4.78 is 40.7. The van der Waals surface area contributed by atoms with E-state index >= 15 is 0 Å². The normalized spacial score (nSPS) is 11.3. The average molecular weight is 491 g/mol. The van der Waals surface area contributed by atoms with Gasteiger partial charge in [-0.1, -0.05) is 39.7 Å². The summed E-state index contributed by atoms with van der Waals surface area (Å²) in [7, 11) is 0. The van der Waals surface area contributed by atoms with Crippen molar-refractivity contribution in [1.29, 1.82) is 0 Å². The summed E-state index contributed by atoms with van der Waals surface area (Å²) in [5.74, 6) is 0.206. The van der Waals surface area contributed by atoms with Crippen LogP contribution in [0.5, 0.6) is 0 Å². The summed E-state index contributed by atoms with van der Waals surface area (Å²) in [4.78, 5) is 4.05. The van der Waals surface area contributed by atoms with Crippen LogP contribution < -0.4 is 10.6 Å². The molecule has 0 aliphatic heterocycles. The number of nitrogens with zero attached hydrogens (tertiary/aromatic N) is 3. The Hall–Kier alpha value is -2.17. The van der Waals surface area contributed by atoms with Gasteiger partial charge in [0.15, 0.2) is 5.11 Å². The Bertz CT molecular complexity index is 1010. The summed E-state index contributed by atoms with van der Waals surface area (Å²) in [6, 6.07) is 10.3. The van der Waals surface area contributed by atoms with Crippen molar-refractivity contribution in [2.75, 3.05) is 10.6 Å². The number of benzene rings is 2. The van der Waals surface area contributed by atoms with Crippen LogP contribution in [-0.4, -0.2) is 19.9 Å². The molecule has 0 atom stereocenters. The molecule has 0 unspecified atom stereocenters. The number of rotatable bonds is 4. The SMILES string of the molecule is FC(F)(F)c1cccc(Cn2cnc(NC(=S)Nc3ccc(Br)cc3Cl)n2)c1. The first-order chi connectivity index (χ1) is 13.2. The van der Waals surface area contributed by atoms with Gasteiger partial charge in [0.25, 0.3) is 0 Å². The molecule has 0 fully saturated rings. The molecule has 146 valence electrons. The number of nitrogens with one attached hydrogen (secondary N) is 2. The third-order valence-corrected chi connectivity index (χ3v) is 4.55. The van der Waals surface area contributed by atoms with Gasteiger partial charge in [0.1, 0.15) is 6.33 Å². The third-order valence-electron chi connectivity index (χ3n) is 3.54. The lowest BCUT2D eigenvalue weighted by atomic mass is 10.1. The van der Waals surface area contributed by atoms with E-state index < -0.39 is 11.7 Å². The van der Waals surface area contributed by atoms with Gasteiger partial charge in [0.2, 0.25) is 5.95 Å². The number of hydrogen-bond acceptors (Lipinski definition) is 3. The quantitative estimate of drug-likeness (QED) is 0.468. The Morgan fingerprint density at radius 1 is 1.18 bits per heavy atom. The van der Waals surface area contributed by atoms with Crippen molar-refractivity contribution in [3.63, 3.8) is 0 Å². The number of aromatic nitrogens is 3. The first-order valence-corrected chi connectivity index (χ1v) is 9.37. The molecule has 28 heavy (non-hydrogen) atoms. The minimum Gasteiger partial charge on any atom is -0.331 e. The topological polar surface area (TPSA) is 54.8 Å². The molecular formula is C17H12BrClF3N5S. The van der Waals surface area contributed by atoms with Crippen molar-refractivity contribution < 1.29 is 13.2 Å². The summed E-state index contributed by atoms with van der Waals surface area (Å²) in [5.41, 5.74) is 0.347. The molecule has 0 radical (unpaired) electrons. The Kier molecular flexibility index (Phi) is 6.21. The van der Waals surface area contributed by atoms with Gasteiger partial charge in [-0.05, 0) is 48.1 Å². The molecule has 3 aromatic rings. The van der Waals surface area contributed by atoms with Gasteiger partial charge >= 0.3 is 6.18 Å². The molecule has 3 rings (SSSR count). The fourth-order valence-electron chi connectivity index (χ4n) is 2.31. The van der Waals surface area contributed by atoms with Gasteiger partial charge in [-0.25, -0.2) is 9.67 Å². The zero-order chi connectivity index (χ0) is 20.3. The third kappa shape index (κ3) is 5.43. The molecule has 0 amide bonds. The Labute approximate surface area is 177 Å². The van der Waals surface area contributed by atoms with Crippen LogP contribution in [0.3, 0.4) is 0 Å². The van der Waals surface area contributed by atoms with Crippen molar-refractivity contribution in [2.24, 2.45) is 0 Å². The van der Waals surface area contributed by atoms with Crippen LogP contribution in [0.1, 0.15) is 11.1 Å². The predicted molar refractivity (Wildman–Crippen MR) is 110 cm³/mol. The largest absolute Gasteiger partial charge is 0.416 e. The molecule has 0 saturated heterocycles. The molecule has 0 spiro atoms. The smallest absolute Gasteiger partial charge is 0.331 e. The van der Waals surface area contributed by atoms with E-state index in [0.717, 1.165) is 16.6 Å². The van der Waals surface area contributed by atoms with Crippen LogP contribution in [0.25, 0.3) is 0 Å². The maximum Gasteiger partial charge on any atom is 0.416 e. The highest BCUT2D eigenvalue weighted by atomic mass is 79.9. The summed E-state index contributed by atoms with van der Waals surface area (Å²) in [6.45, 7) is 0.136. The second-order valence-corrected chi connectivity index (χ2v) is 7.40. The lowest BCUT2D eigenvalue weighted by Gasteiger charge is -2.10. The first-order valence-electron chi connectivity index (χ1n) is 7.79. The molecule has 1 heterocycles. The molecular weight excluding hydrogens is 479 g/mol. The number of hydrogen-bond donors (Lipinski definition) is 2. The zero-order valence-electron chi connectivity index (χ0n) is 14.0. The minimum atomic E-state index is -4.39. The Morgan fingerprint density at radius 3 is 2.68 bits per heavy atom. The van der Waals surface area contributed by atoms with Crippen LogP contribution in [0.2, 0.25) is 5.02 Å². The van der Waals surface area contributed by atoms with Crippen molar-refractivity contribution in [2.45, 2.75) is 12.7 Å². The fraction of sp³-hybridized carbons (Fsp3) is 0.118. The fourth-order valence-corrected chi connectivity index (χ4v) is 3.23. The molecule has 0 aliphatic carbocycles. The molecule has 2 N–H and O–H groups in total. The summed E-state index contributed by atoms with van der Waals surface area (Å²) >= 11 is 14.6. The van der Waals surface area contributed by atoms with Crippen LogP contribution in [0, 0.1) is 0 Å². The van der Waals surface area contributed by atoms with E-state index in [2.05, 4.69) is 36.6 Å². The highest BCUT2D eigenvalue weighted by Crippen LogP contribution is 2.29. The lowest BCUT2D eigenvalue weighted by molar-refractivity contribution is -0.137. The van der Waals surface area contributed by atoms with Gasteiger partial charge in [0, 0.05) is 4.47 Å². The average Bonchev–Trinajstić information content (AvgIpc) is 3.03. The number of anilines is 2. The van der Waals surface area contributed by atoms with E-state index in [1.807, 2.05) is 0 Å². The lowest BCUT2D eigenvalue weighted by Crippen LogP contribution is -2.20. The van der Waals surface area contributed by atoms with Gasteiger partial charge in [-0.2, -0.15) is 13.2 Å². The van der Waals surface area contributed by atoms with Crippen molar-refractivity contribution in [3.05, 3.63) is 69.4 Å². The van der Waals surface area contributed by atoms with E-state index in [0.29, 0.717) is 16.3 Å². The van der Waals surface area contributed by atoms with Crippen molar-refractivity contribution in [1.82, 2.24) is 14.8 Å².